The minimum atomic E-state index is -1.01. The number of nitrogens with one attached hydrogen (secondary N) is 2. The number of aromatic nitrogens is 3. The molecule has 3 N–H and O–H groups in total. The fraction of sp³-hybridized carbons (Fsp3) is 0.538. The fourth-order valence-corrected chi connectivity index (χ4v) is 5.56. The van der Waals surface area contributed by atoms with E-state index in [4.69, 9.17) is 9.26 Å². The number of carboxylic acids is 1. The largest absolute Gasteiger partial charge is 0.481 e. The molecular weight excluding hydrogens is 467 g/mol. The zero-order valence-electron chi connectivity index (χ0n) is 20.4. The zero-order chi connectivity index (χ0) is 25.4. The molecule has 192 valence electrons. The highest BCUT2D eigenvalue weighted by molar-refractivity contribution is 5.95. The van der Waals surface area contributed by atoms with E-state index in [-0.39, 0.29) is 36.1 Å². The average molecular weight is 499 g/mol. The number of hydrogen-bond donors (Lipinski definition) is 3. The summed E-state index contributed by atoms with van der Waals surface area (Å²) in [7, 11) is 0. The molecule has 2 unspecified atom stereocenters. The maximum atomic E-state index is 15.7. The van der Waals surface area contributed by atoms with Gasteiger partial charge in [0.1, 0.15) is 23.2 Å². The number of hydrogen-bond acceptors (Lipinski definition) is 6. The number of carbonyl (C=O) groups excluding carboxylic acids is 1. The Morgan fingerprint density at radius 3 is 2.75 bits per heavy atom. The second kappa shape index (κ2) is 10.0. The second-order valence-electron chi connectivity index (χ2n) is 10.1. The molecule has 10 heteroatoms. The number of aliphatic carboxylic acids is 1. The van der Waals surface area contributed by atoms with Crippen LogP contribution in [0, 0.1) is 23.6 Å². The summed E-state index contributed by atoms with van der Waals surface area (Å²) in [5, 5.41) is 16.5. The van der Waals surface area contributed by atoms with Crippen LogP contribution < -0.4 is 5.32 Å². The Morgan fingerprint density at radius 1 is 1.25 bits per heavy atom. The minimum Gasteiger partial charge on any atom is -0.481 e. The molecular formula is C26H31FN4O5. The molecule has 1 aliphatic carbocycles. The second-order valence-corrected chi connectivity index (χ2v) is 10.1. The van der Waals surface area contributed by atoms with Crippen molar-refractivity contribution in [2.75, 3.05) is 13.2 Å². The smallest absolute Gasteiger partial charge is 0.309 e. The van der Waals surface area contributed by atoms with E-state index in [2.05, 4.69) is 27.4 Å². The van der Waals surface area contributed by atoms with E-state index >= 15 is 4.39 Å². The number of benzene rings is 1. The first-order valence-electron chi connectivity index (χ1n) is 12.6. The van der Waals surface area contributed by atoms with Gasteiger partial charge in [-0.2, -0.15) is 0 Å². The number of halogens is 1. The van der Waals surface area contributed by atoms with Crippen LogP contribution in [0.4, 0.5) is 4.39 Å². The third-order valence-electron chi connectivity index (χ3n) is 7.78. The van der Waals surface area contributed by atoms with Gasteiger partial charge in [0.2, 0.25) is 0 Å². The zero-order valence-corrected chi connectivity index (χ0v) is 20.4. The van der Waals surface area contributed by atoms with Crippen molar-refractivity contribution in [3.05, 3.63) is 46.9 Å². The van der Waals surface area contributed by atoms with Crippen LogP contribution in [0.1, 0.15) is 78.9 Å². The maximum absolute atomic E-state index is 15.7. The topological polar surface area (TPSA) is 130 Å². The van der Waals surface area contributed by atoms with Crippen LogP contribution in [0.25, 0.3) is 11.0 Å². The molecule has 1 saturated carbocycles. The Kier molecular flexibility index (Phi) is 6.79. The van der Waals surface area contributed by atoms with Gasteiger partial charge in [0.25, 0.3) is 5.91 Å². The number of fused-ring (bicyclic) bond motifs is 1. The lowest BCUT2D eigenvalue weighted by Crippen LogP contribution is -2.36. The Balaban J connectivity index is 1.49. The van der Waals surface area contributed by atoms with E-state index in [1.54, 1.807) is 12.1 Å². The van der Waals surface area contributed by atoms with E-state index < -0.39 is 29.7 Å². The predicted octanol–water partition coefficient (Wildman–Crippen LogP) is 4.36. The van der Waals surface area contributed by atoms with Crippen molar-refractivity contribution >= 4 is 22.9 Å². The summed E-state index contributed by atoms with van der Waals surface area (Å²) in [6, 6.07) is 2.88. The monoisotopic (exact) mass is 498 g/mol. The molecule has 1 amide bonds. The standard InChI is InChI=1S/C26H31FN4O5/c1-3-19-18(12-36-31-19)25(32)30-22(14-6-4-13(2)5-7-14)24-28-20-9-8-15(21(27)23(20)29-24)16-10-35-11-17(16)26(33)34/h8-9,12-14,16-17,22H,3-7,10-11H2,1-2H3,(H,28,29)(H,30,32)(H,33,34)/t13-,14-,16?,17?,22-/m0/s1. The quantitative estimate of drug-likeness (QED) is 0.441. The lowest BCUT2D eigenvalue weighted by atomic mass is 9.79. The number of nitrogens with zero attached hydrogens (tertiary/aromatic N) is 2. The van der Waals surface area contributed by atoms with E-state index in [1.807, 2.05) is 6.92 Å². The van der Waals surface area contributed by atoms with Gasteiger partial charge in [0.15, 0.2) is 5.82 Å². The molecule has 3 atom stereocenters. The Hall–Kier alpha value is -3.27. The first-order valence-corrected chi connectivity index (χ1v) is 12.6. The van der Waals surface area contributed by atoms with Crippen LogP contribution in [0.2, 0.25) is 0 Å². The van der Waals surface area contributed by atoms with Gasteiger partial charge in [0.05, 0.1) is 36.4 Å². The number of ether oxygens (including phenoxy) is 1. The predicted molar refractivity (Wildman–Crippen MR) is 128 cm³/mol. The molecule has 5 rings (SSSR count). The number of aromatic amines is 1. The van der Waals surface area contributed by atoms with Crippen molar-refractivity contribution < 1.29 is 28.3 Å². The highest BCUT2D eigenvalue weighted by atomic mass is 19.1. The summed E-state index contributed by atoms with van der Waals surface area (Å²) in [6.45, 7) is 4.33. The lowest BCUT2D eigenvalue weighted by Gasteiger charge is -2.32. The number of imidazole rings is 1. The number of rotatable bonds is 7. The van der Waals surface area contributed by atoms with Crippen LogP contribution in [0.5, 0.6) is 0 Å². The van der Waals surface area contributed by atoms with Gasteiger partial charge >= 0.3 is 5.97 Å². The summed E-state index contributed by atoms with van der Waals surface area (Å²) in [5.74, 6) is -2.00. The van der Waals surface area contributed by atoms with Crippen molar-refractivity contribution in [2.45, 2.75) is 57.9 Å². The number of H-pyrrole nitrogens is 1. The lowest BCUT2D eigenvalue weighted by molar-refractivity contribution is -0.142. The molecule has 1 saturated heterocycles. The number of aryl methyl sites for hydroxylation is 1. The van der Waals surface area contributed by atoms with E-state index in [0.717, 1.165) is 25.7 Å². The third-order valence-corrected chi connectivity index (χ3v) is 7.78. The molecule has 3 heterocycles. The van der Waals surface area contributed by atoms with Gasteiger partial charge in [-0.15, -0.1) is 0 Å². The van der Waals surface area contributed by atoms with E-state index in [0.29, 0.717) is 34.9 Å². The van der Waals surface area contributed by atoms with Crippen LogP contribution in [0.3, 0.4) is 0 Å². The van der Waals surface area contributed by atoms with Gasteiger partial charge in [-0.3, -0.25) is 9.59 Å². The molecule has 2 aromatic heterocycles. The SMILES string of the molecule is CCc1nocc1C(=O)N[C@H](c1nc2c(F)c(C3COCC3C(=O)O)ccc2[nH]1)[C@H]1CC[C@H](C)CC1. The van der Waals surface area contributed by atoms with Crippen LogP contribution in [-0.4, -0.2) is 45.3 Å². The van der Waals surface area contributed by atoms with E-state index in [1.165, 1.54) is 6.26 Å². The van der Waals surface area contributed by atoms with Crippen molar-refractivity contribution in [3.8, 4) is 0 Å². The number of carbonyl (C=O) groups is 2. The number of amides is 1. The summed E-state index contributed by atoms with van der Waals surface area (Å²) >= 11 is 0. The molecule has 1 aromatic carbocycles. The Labute approximate surface area is 207 Å². The first-order chi connectivity index (χ1) is 17.4. The molecule has 1 aliphatic heterocycles. The molecule has 2 aliphatic rings. The molecule has 2 fully saturated rings. The summed E-state index contributed by atoms with van der Waals surface area (Å²) in [6.07, 6.45) is 5.83. The normalized spacial score (nSPS) is 25.2. The van der Waals surface area contributed by atoms with Crippen LogP contribution in [0.15, 0.2) is 22.9 Å². The van der Waals surface area contributed by atoms with Gasteiger partial charge in [0, 0.05) is 5.92 Å². The average Bonchev–Trinajstić information content (AvgIpc) is 3.62. The van der Waals surface area contributed by atoms with E-state index in [9.17, 15) is 14.7 Å². The molecule has 36 heavy (non-hydrogen) atoms. The molecule has 0 radical (unpaired) electrons. The van der Waals surface area contributed by atoms with Gasteiger partial charge in [-0.05, 0) is 42.7 Å². The van der Waals surface area contributed by atoms with Gasteiger partial charge in [-0.25, -0.2) is 9.37 Å². The van der Waals surface area contributed by atoms with Crippen molar-refractivity contribution in [2.24, 2.45) is 17.8 Å². The van der Waals surface area contributed by atoms with Crippen molar-refractivity contribution in [1.82, 2.24) is 20.4 Å². The van der Waals surface area contributed by atoms with Crippen molar-refractivity contribution in [1.29, 1.82) is 0 Å². The third kappa shape index (κ3) is 4.50. The summed E-state index contributed by atoms with van der Waals surface area (Å²) in [4.78, 5) is 32.6. The maximum Gasteiger partial charge on any atom is 0.309 e. The first kappa shape index (κ1) is 24.4. The summed E-state index contributed by atoms with van der Waals surface area (Å²) in [5.41, 5.74) is 1.89. The summed E-state index contributed by atoms with van der Waals surface area (Å²) < 4.78 is 26.0. The highest BCUT2D eigenvalue weighted by Crippen LogP contribution is 2.38. The Morgan fingerprint density at radius 2 is 2.03 bits per heavy atom. The highest BCUT2D eigenvalue weighted by Gasteiger charge is 2.38. The van der Waals surface area contributed by atoms with Gasteiger partial charge < -0.3 is 24.7 Å². The van der Waals surface area contributed by atoms with Crippen molar-refractivity contribution in [3.63, 3.8) is 0 Å². The molecule has 9 nitrogen and oxygen atoms in total. The van der Waals surface area contributed by atoms with Crippen LogP contribution >= 0.6 is 0 Å². The molecule has 0 spiro atoms. The fourth-order valence-electron chi connectivity index (χ4n) is 5.56. The van der Waals surface area contributed by atoms with Gasteiger partial charge in [-0.1, -0.05) is 37.9 Å². The number of carboxylic acid groups (broad SMARTS) is 1. The minimum absolute atomic E-state index is 0.0557. The Bertz CT molecular complexity index is 1260. The molecule has 3 aromatic rings. The molecule has 0 bridgehead atoms. The van der Waals surface area contributed by atoms with Crippen LogP contribution in [-0.2, 0) is 16.0 Å².